The molecule has 102 valence electrons. The summed E-state index contributed by atoms with van der Waals surface area (Å²) < 4.78 is 0. The van der Waals surface area contributed by atoms with Gasteiger partial charge in [0.2, 0.25) is 0 Å². The molecule has 1 aromatic carbocycles. The van der Waals surface area contributed by atoms with Crippen LogP contribution >= 0.6 is 11.3 Å². The van der Waals surface area contributed by atoms with Crippen LogP contribution in [0.25, 0.3) is 10.9 Å². The highest BCUT2D eigenvalue weighted by molar-refractivity contribution is 7.12. The number of hydrogen-bond acceptors (Lipinski definition) is 3. The third-order valence-corrected chi connectivity index (χ3v) is 4.60. The first-order valence-electron chi connectivity index (χ1n) is 6.83. The van der Waals surface area contributed by atoms with Crippen LogP contribution in [0.4, 0.5) is 5.69 Å². The summed E-state index contributed by atoms with van der Waals surface area (Å²) in [5.41, 5.74) is 3.20. The minimum absolute atomic E-state index is 0.293. The van der Waals surface area contributed by atoms with Crippen LogP contribution in [0.3, 0.4) is 0 Å². The van der Waals surface area contributed by atoms with Gasteiger partial charge in [0, 0.05) is 20.8 Å². The minimum Gasteiger partial charge on any atom is -0.376 e. The Labute approximate surface area is 123 Å². The number of rotatable bonds is 3. The van der Waals surface area contributed by atoms with E-state index in [-0.39, 0.29) is 0 Å². The van der Waals surface area contributed by atoms with Gasteiger partial charge in [-0.15, -0.1) is 11.3 Å². The summed E-state index contributed by atoms with van der Waals surface area (Å²) in [6.07, 6.45) is 0. The van der Waals surface area contributed by atoms with Crippen LogP contribution < -0.4 is 5.32 Å². The van der Waals surface area contributed by atoms with Gasteiger partial charge in [0.05, 0.1) is 17.2 Å². The predicted octanol–water partition coefficient (Wildman–Crippen LogP) is 5.09. The van der Waals surface area contributed by atoms with Crippen LogP contribution in [0.2, 0.25) is 0 Å². The van der Waals surface area contributed by atoms with E-state index >= 15 is 0 Å². The number of fused-ring (bicyclic) bond motifs is 1. The lowest BCUT2D eigenvalue weighted by molar-refractivity contribution is 0.909. The number of aromatic nitrogens is 1. The van der Waals surface area contributed by atoms with Crippen molar-refractivity contribution >= 4 is 27.9 Å². The average molecular weight is 282 g/mol. The van der Waals surface area contributed by atoms with Crippen LogP contribution in [-0.4, -0.2) is 4.98 Å². The molecule has 2 aromatic heterocycles. The quantitative estimate of drug-likeness (QED) is 0.724. The minimum atomic E-state index is 0.293. The third-order valence-electron chi connectivity index (χ3n) is 3.42. The molecule has 3 aromatic rings. The second-order valence-corrected chi connectivity index (χ2v) is 6.46. The van der Waals surface area contributed by atoms with E-state index in [9.17, 15) is 0 Å². The first-order valence-corrected chi connectivity index (χ1v) is 7.64. The van der Waals surface area contributed by atoms with Crippen LogP contribution in [0, 0.1) is 13.8 Å². The van der Waals surface area contributed by atoms with Crippen molar-refractivity contribution in [2.75, 3.05) is 5.32 Å². The second kappa shape index (κ2) is 5.25. The molecule has 0 saturated heterocycles. The number of nitrogens with zero attached hydrogens (tertiary/aromatic N) is 1. The monoisotopic (exact) mass is 282 g/mol. The van der Waals surface area contributed by atoms with Crippen LogP contribution in [-0.2, 0) is 0 Å². The summed E-state index contributed by atoms with van der Waals surface area (Å²) in [7, 11) is 0. The van der Waals surface area contributed by atoms with E-state index < -0.39 is 0 Å². The largest absolute Gasteiger partial charge is 0.376 e. The molecular weight excluding hydrogens is 264 g/mol. The molecule has 0 aliphatic heterocycles. The number of hydrogen-bond donors (Lipinski definition) is 1. The first-order chi connectivity index (χ1) is 9.63. The third kappa shape index (κ3) is 2.54. The molecule has 1 unspecified atom stereocenters. The lowest BCUT2D eigenvalue weighted by Gasteiger charge is -2.15. The van der Waals surface area contributed by atoms with E-state index in [2.05, 4.69) is 66.6 Å². The Kier molecular flexibility index (Phi) is 3.45. The number of pyridine rings is 1. The van der Waals surface area contributed by atoms with Gasteiger partial charge in [0.15, 0.2) is 0 Å². The molecule has 0 aliphatic rings. The standard InChI is InChI=1S/C17H18N2S/c1-11-7-9-14-5-4-6-15(17(14)18-11)19-13(3)16-10-8-12(2)20-16/h4-10,13,19H,1-3H3. The van der Waals surface area contributed by atoms with Crippen LogP contribution in [0.15, 0.2) is 42.5 Å². The molecule has 0 radical (unpaired) electrons. The SMILES string of the molecule is Cc1ccc2cccc(NC(C)c3ccc(C)s3)c2n1. The molecule has 0 fully saturated rings. The normalized spacial score (nSPS) is 12.6. The number of anilines is 1. The fourth-order valence-electron chi connectivity index (χ4n) is 2.35. The number of aryl methyl sites for hydroxylation is 2. The molecule has 3 heteroatoms. The average Bonchev–Trinajstić information content (AvgIpc) is 2.86. The summed E-state index contributed by atoms with van der Waals surface area (Å²) in [5.74, 6) is 0. The summed E-state index contributed by atoms with van der Waals surface area (Å²) in [4.78, 5) is 7.37. The van der Waals surface area contributed by atoms with Crippen molar-refractivity contribution in [3.05, 3.63) is 57.9 Å². The van der Waals surface area contributed by atoms with E-state index in [0.717, 1.165) is 16.9 Å². The van der Waals surface area contributed by atoms with E-state index in [1.165, 1.54) is 15.1 Å². The highest BCUT2D eigenvalue weighted by Gasteiger charge is 2.10. The van der Waals surface area contributed by atoms with Crippen molar-refractivity contribution < 1.29 is 0 Å². The Morgan fingerprint density at radius 2 is 1.90 bits per heavy atom. The zero-order chi connectivity index (χ0) is 14.1. The van der Waals surface area contributed by atoms with Gasteiger partial charge in [0.25, 0.3) is 0 Å². The number of nitrogens with one attached hydrogen (secondary N) is 1. The summed E-state index contributed by atoms with van der Waals surface area (Å²) in [6, 6.07) is 15.1. The van der Waals surface area contributed by atoms with Crippen molar-refractivity contribution in [2.24, 2.45) is 0 Å². The molecule has 1 N–H and O–H groups in total. The highest BCUT2D eigenvalue weighted by Crippen LogP contribution is 2.29. The van der Waals surface area contributed by atoms with Gasteiger partial charge in [-0.1, -0.05) is 18.2 Å². The maximum atomic E-state index is 4.67. The molecular formula is C17H18N2S. The first kappa shape index (κ1) is 13.1. The number of para-hydroxylation sites is 1. The number of benzene rings is 1. The van der Waals surface area contributed by atoms with Gasteiger partial charge in [-0.25, -0.2) is 0 Å². The molecule has 3 rings (SSSR count). The predicted molar refractivity (Wildman–Crippen MR) is 87.6 cm³/mol. The zero-order valence-electron chi connectivity index (χ0n) is 12.0. The Bertz CT molecular complexity index is 746. The van der Waals surface area contributed by atoms with E-state index in [1.54, 1.807) is 0 Å². The van der Waals surface area contributed by atoms with Crippen molar-refractivity contribution in [1.29, 1.82) is 0 Å². The molecule has 0 aliphatic carbocycles. The molecule has 2 heterocycles. The second-order valence-electron chi connectivity index (χ2n) is 5.14. The van der Waals surface area contributed by atoms with Gasteiger partial charge in [-0.2, -0.15) is 0 Å². The fraction of sp³-hybridized carbons (Fsp3) is 0.235. The number of thiophene rings is 1. The van der Waals surface area contributed by atoms with E-state index in [4.69, 9.17) is 0 Å². The highest BCUT2D eigenvalue weighted by atomic mass is 32.1. The maximum Gasteiger partial charge on any atom is 0.0936 e. The van der Waals surface area contributed by atoms with Crippen LogP contribution in [0.1, 0.15) is 28.4 Å². The molecule has 20 heavy (non-hydrogen) atoms. The van der Waals surface area contributed by atoms with Crippen molar-refractivity contribution in [3.8, 4) is 0 Å². The Morgan fingerprint density at radius 1 is 1.05 bits per heavy atom. The summed E-state index contributed by atoms with van der Waals surface area (Å²) >= 11 is 1.84. The van der Waals surface area contributed by atoms with Gasteiger partial charge < -0.3 is 5.32 Å². The van der Waals surface area contributed by atoms with Crippen molar-refractivity contribution in [2.45, 2.75) is 26.8 Å². The van der Waals surface area contributed by atoms with Gasteiger partial charge in [-0.3, -0.25) is 4.98 Å². The lowest BCUT2D eigenvalue weighted by atomic mass is 10.1. The van der Waals surface area contributed by atoms with Crippen LogP contribution in [0.5, 0.6) is 0 Å². The molecule has 0 amide bonds. The molecule has 0 spiro atoms. The smallest absolute Gasteiger partial charge is 0.0936 e. The lowest BCUT2D eigenvalue weighted by Crippen LogP contribution is -2.05. The summed E-state index contributed by atoms with van der Waals surface area (Å²) in [5, 5.41) is 4.77. The topological polar surface area (TPSA) is 24.9 Å². The molecule has 2 nitrogen and oxygen atoms in total. The molecule has 1 atom stereocenters. The van der Waals surface area contributed by atoms with Crippen molar-refractivity contribution in [1.82, 2.24) is 4.98 Å². The maximum absolute atomic E-state index is 4.67. The van der Waals surface area contributed by atoms with E-state index in [1.807, 2.05) is 18.3 Å². The van der Waals surface area contributed by atoms with Gasteiger partial charge in [0.1, 0.15) is 0 Å². The van der Waals surface area contributed by atoms with Crippen molar-refractivity contribution in [3.63, 3.8) is 0 Å². The zero-order valence-corrected chi connectivity index (χ0v) is 12.8. The summed E-state index contributed by atoms with van der Waals surface area (Å²) in [6.45, 7) is 6.37. The Balaban J connectivity index is 1.96. The van der Waals surface area contributed by atoms with Gasteiger partial charge in [-0.05, 0) is 45.0 Å². The molecule has 0 bridgehead atoms. The molecule has 0 saturated carbocycles. The fourth-order valence-corrected chi connectivity index (χ4v) is 3.23. The Morgan fingerprint density at radius 3 is 2.65 bits per heavy atom. The van der Waals surface area contributed by atoms with E-state index in [0.29, 0.717) is 6.04 Å². The Hall–Kier alpha value is -1.87. The van der Waals surface area contributed by atoms with Gasteiger partial charge >= 0.3 is 0 Å².